The molecule has 0 spiro atoms. The maximum absolute atomic E-state index is 11.7. The molecule has 0 aromatic heterocycles. The second-order valence-electron chi connectivity index (χ2n) is 3.69. The van der Waals surface area contributed by atoms with Crippen molar-refractivity contribution in [2.45, 2.75) is 6.42 Å². The van der Waals surface area contributed by atoms with Gasteiger partial charge in [0.2, 0.25) is 5.91 Å². The molecule has 0 unspecified atom stereocenters. The van der Waals surface area contributed by atoms with Gasteiger partial charge in [0, 0.05) is 0 Å². The van der Waals surface area contributed by atoms with Crippen LogP contribution in [0.5, 0.6) is 0 Å². The van der Waals surface area contributed by atoms with Crippen LogP contribution in [0.1, 0.15) is 5.56 Å². The van der Waals surface area contributed by atoms with Gasteiger partial charge >= 0.3 is 0 Å². The molecular weight excluding hydrogens is 208 g/mol. The van der Waals surface area contributed by atoms with Crippen LogP contribution in [-0.2, 0) is 16.0 Å². The van der Waals surface area contributed by atoms with Gasteiger partial charge in [0.15, 0.2) is 0 Å². The van der Waals surface area contributed by atoms with Gasteiger partial charge in [-0.2, -0.15) is 0 Å². The van der Waals surface area contributed by atoms with E-state index in [1.54, 1.807) is 0 Å². The highest BCUT2D eigenvalue weighted by Crippen LogP contribution is 2.08. The van der Waals surface area contributed by atoms with Crippen LogP contribution in [0.25, 0.3) is 0 Å². The molecule has 0 bridgehead atoms. The Kier molecular flexibility index (Phi) is 2.87. The van der Waals surface area contributed by atoms with Gasteiger partial charge in [-0.1, -0.05) is 30.3 Å². The highest BCUT2D eigenvalue weighted by molar-refractivity contribution is 5.87. The molecule has 5 nitrogen and oxygen atoms in total. The molecule has 1 aromatic carbocycles. The van der Waals surface area contributed by atoms with Crippen molar-refractivity contribution in [3.05, 3.63) is 35.9 Å². The summed E-state index contributed by atoms with van der Waals surface area (Å²) in [5.41, 5.74) is 0.899. The fraction of sp³-hybridized carbons (Fsp3) is 0.273. The molecule has 1 N–H and O–H groups in total. The molecule has 84 valence electrons. The minimum atomic E-state index is -0.443. The lowest BCUT2D eigenvalue weighted by Gasteiger charge is -2.13. The molecule has 16 heavy (non-hydrogen) atoms. The molecular formula is C11H12N2O3. The Labute approximate surface area is 92.8 Å². The Morgan fingerprint density at radius 3 is 2.56 bits per heavy atom. The van der Waals surface area contributed by atoms with E-state index in [2.05, 4.69) is 0 Å². The molecule has 1 aliphatic rings. The van der Waals surface area contributed by atoms with Crippen LogP contribution in [-0.4, -0.2) is 40.2 Å². The highest BCUT2D eigenvalue weighted by atomic mass is 16.5. The Bertz CT molecular complexity index is 405. The number of hydrogen-bond donors (Lipinski definition) is 1. The zero-order valence-corrected chi connectivity index (χ0v) is 8.67. The molecule has 0 atom stereocenters. The van der Waals surface area contributed by atoms with Gasteiger partial charge in [0.05, 0.1) is 6.42 Å². The van der Waals surface area contributed by atoms with Crippen LogP contribution in [0.15, 0.2) is 30.3 Å². The van der Waals surface area contributed by atoms with Gasteiger partial charge in [-0.15, -0.1) is 0 Å². The summed E-state index contributed by atoms with van der Waals surface area (Å²) in [6.07, 6.45) is 0.252. The molecule has 0 radical (unpaired) electrons. The van der Waals surface area contributed by atoms with Crippen molar-refractivity contribution >= 4 is 11.8 Å². The fourth-order valence-electron chi connectivity index (χ4n) is 1.58. The minimum absolute atomic E-state index is 0.0372. The Hall–Kier alpha value is -1.88. The summed E-state index contributed by atoms with van der Waals surface area (Å²) in [6.45, 7) is -0.0767. The van der Waals surface area contributed by atoms with Crippen LogP contribution in [0.3, 0.4) is 0 Å². The van der Waals surface area contributed by atoms with Crippen LogP contribution >= 0.6 is 0 Å². The third-order valence-corrected chi connectivity index (χ3v) is 2.47. The average Bonchev–Trinajstić information content (AvgIpc) is 2.61. The van der Waals surface area contributed by atoms with Crippen LogP contribution in [0.2, 0.25) is 0 Å². The monoisotopic (exact) mass is 220 g/mol. The topological polar surface area (TPSA) is 60.9 Å². The highest BCUT2D eigenvalue weighted by Gasteiger charge is 2.29. The SMILES string of the molecule is O=C1CN(C(=O)Cc2ccccc2)CN1O. The first kappa shape index (κ1) is 10.6. The lowest BCUT2D eigenvalue weighted by atomic mass is 10.1. The summed E-state index contributed by atoms with van der Waals surface area (Å²) in [7, 11) is 0. The van der Waals surface area contributed by atoms with Gasteiger partial charge in [0.25, 0.3) is 5.91 Å². The quantitative estimate of drug-likeness (QED) is 0.726. The summed E-state index contributed by atoms with van der Waals surface area (Å²) < 4.78 is 0. The summed E-state index contributed by atoms with van der Waals surface area (Å²) >= 11 is 0. The predicted molar refractivity (Wildman–Crippen MR) is 55.4 cm³/mol. The van der Waals surface area contributed by atoms with E-state index < -0.39 is 5.91 Å². The number of rotatable bonds is 2. The first-order valence-corrected chi connectivity index (χ1v) is 4.98. The van der Waals surface area contributed by atoms with E-state index in [0.717, 1.165) is 5.56 Å². The predicted octanol–water partition coefficient (Wildman–Crippen LogP) is 0.247. The number of amides is 2. The van der Waals surface area contributed by atoms with Gasteiger partial charge in [-0.3, -0.25) is 14.8 Å². The zero-order chi connectivity index (χ0) is 11.5. The maximum Gasteiger partial charge on any atom is 0.267 e. The van der Waals surface area contributed by atoms with E-state index in [1.165, 1.54) is 4.90 Å². The first-order valence-electron chi connectivity index (χ1n) is 4.98. The molecule has 1 heterocycles. The van der Waals surface area contributed by atoms with Crippen molar-refractivity contribution in [1.82, 2.24) is 9.96 Å². The smallest absolute Gasteiger partial charge is 0.267 e. The van der Waals surface area contributed by atoms with E-state index in [-0.39, 0.29) is 25.5 Å². The van der Waals surface area contributed by atoms with Crippen molar-refractivity contribution in [2.24, 2.45) is 0 Å². The second kappa shape index (κ2) is 4.32. The van der Waals surface area contributed by atoms with Gasteiger partial charge < -0.3 is 4.90 Å². The zero-order valence-electron chi connectivity index (χ0n) is 8.67. The fourth-order valence-corrected chi connectivity index (χ4v) is 1.58. The second-order valence-corrected chi connectivity index (χ2v) is 3.69. The van der Waals surface area contributed by atoms with E-state index in [0.29, 0.717) is 5.06 Å². The normalized spacial score (nSPS) is 15.7. The van der Waals surface area contributed by atoms with Gasteiger partial charge in [0.1, 0.15) is 13.2 Å². The number of nitrogens with zero attached hydrogens (tertiary/aromatic N) is 2. The third kappa shape index (κ3) is 2.20. The van der Waals surface area contributed by atoms with Crippen LogP contribution in [0.4, 0.5) is 0 Å². The number of carbonyl (C=O) groups is 2. The molecule has 0 aliphatic carbocycles. The molecule has 1 aliphatic heterocycles. The molecule has 1 aromatic rings. The van der Waals surface area contributed by atoms with E-state index in [9.17, 15) is 9.59 Å². The third-order valence-electron chi connectivity index (χ3n) is 2.47. The molecule has 1 fully saturated rings. The number of carbonyl (C=O) groups excluding carboxylic acids is 2. The number of hydrogen-bond acceptors (Lipinski definition) is 3. The summed E-state index contributed by atoms with van der Waals surface area (Å²) in [5.74, 6) is -0.600. The van der Waals surface area contributed by atoms with Gasteiger partial charge in [-0.25, -0.2) is 5.06 Å². The van der Waals surface area contributed by atoms with Crippen molar-refractivity contribution in [2.75, 3.05) is 13.2 Å². The van der Waals surface area contributed by atoms with Crippen LogP contribution in [0, 0.1) is 0 Å². The summed E-state index contributed by atoms with van der Waals surface area (Å²) in [6, 6.07) is 9.30. The Morgan fingerprint density at radius 1 is 1.31 bits per heavy atom. The summed E-state index contributed by atoms with van der Waals surface area (Å²) in [5, 5.41) is 9.63. The molecule has 5 heteroatoms. The van der Waals surface area contributed by atoms with Crippen molar-refractivity contribution < 1.29 is 14.8 Å². The summed E-state index contributed by atoms with van der Waals surface area (Å²) in [4.78, 5) is 24.1. The van der Waals surface area contributed by atoms with Gasteiger partial charge in [-0.05, 0) is 5.56 Å². The minimum Gasteiger partial charge on any atom is -0.313 e. The van der Waals surface area contributed by atoms with E-state index in [4.69, 9.17) is 5.21 Å². The molecule has 1 saturated heterocycles. The standard InChI is InChI=1S/C11H12N2O3/c14-10(6-9-4-2-1-3-5-9)12-7-11(15)13(16)8-12/h1-5,16H,6-8H2. The van der Waals surface area contributed by atoms with Crippen molar-refractivity contribution in [3.8, 4) is 0 Å². The van der Waals surface area contributed by atoms with E-state index in [1.807, 2.05) is 30.3 Å². The van der Waals surface area contributed by atoms with Crippen molar-refractivity contribution in [3.63, 3.8) is 0 Å². The maximum atomic E-state index is 11.7. The van der Waals surface area contributed by atoms with Crippen molar-refractivity contribution in [1.29, 1.82) is 0 Å². The average molecular weight is 220 g/mol. The number of benzene rings is 1. The molecule has 2 amide bonds. The van der Waals surface area contributed by atoms with E-state index >= 15 is 0 Å². The molecule has 2 rings (SSSR count). The van der Waals surface area contributed by atoms with Crippen LogP contribution < -0.4 is 0 Å². The Morgan fingerprint density at radius 2 is 2.00 bits per heavy atom. The molecule has 0 saturated carbocycles. The Balaban J connectivity index is 1.97. The number of hydroxylamine groups is 2. The lowest BCUT2D eigenvalue weighted by molar-refractivity contribution is -0.158. The lowest BCUT2D eigenvalue weighted by Crippen LogP contribution is -2.31. The first-order chi connectivity index (χ1) is 7.66. The largest absolute Gasteiger partial charge is 0.313 e.